The molecule has 0 aliphatic heterocycles. The molecule has 1 amide bonds. The number of nitrogens with zero attached hydrogens (tertiary/aromatic N) is 2. The Morgan fingerprint density at radius 3 is 2.69 bits per heavy atom. The zero-order valence-electron chi connectivity index (χ0n) is 16.4. The van der Waals surface area contributed by atoms with E-state index < -0.39 is 0 Å². The van der Waals surface area contributed by atoms with E-state index in [9.17, 15) is 4.79 Å². The van der Waals surface area contributed by atoms with Crippen LogP contribution in [0.1, 0.15) is 44.2 Å². The highest BCUT2D eigenvalue weighted by Crippen LogP contribution is 2.26. The van der Waals surface area contributed by atoms with E-state index >= 15 is 0 Å². The maximum absolute atomic E-state index is 12.0. The van der Waals surface area contributed by atoms with Crippen LogP contribution in [0.15, 0.2) is 35.3 Å². The van der Waals surface area contributed by atoms with Gasteiger partial charge in [-0.1, -0.05) is 36.8 Å². The summed E-state index contributed by atoms with van der Waals surface area (Å²) in [5.41, 5.74) is 1.20. The van der Waals surface area contributed by atoms with Crippen LogP contribution in [0, 0.1) is 0 Å². The van der Waals surface area contributed by atoms with Gasteiger partial charge in [0.15, 0.2) is 5.96 Å². The summed E-state index contributed by atoms with van der Waals surface area (Å²) in [5, 5.41) is 7.75. The van der Waals surface area contributed by atoms with Gasteiger partial charge >= 0.3 is 0 Å². The van der Waals surface area contributed by atoms with Gasteiger partial charge in [-0.15, -0.1) is 0 Å². The van der Waals surface area contributed by atoms with E-state index in [0.717, 1.165) is 18.8 Å². The second kappa shape index (κ2) is 10.5. The summed E-state index contributed by atoms with van der Waals surface area (Å²) in [6.45, 7) is 2.27. The molecule has 1 aromatic carbocycles. The molecule has 5 nitrogen and oxygen atoms in total. The van der Waals surface area contributed by atoms with Gasteiger partial charge in [0.1, 0.15) is 6.54 Å². The summed E-state index contributed by atoms with van der Waals surface area (Å²) in [6.07, 6.45) is 7.01. The lowest BCUT2D eigenvalue weighted by Gasteiger charge is -2.30. The first-order valence-corrected chi connectivity index (χ1v) is 10.6. The Labute approximate surface area is 162 Å². The highest BCUT2D eigenvalue weighted by atomic mass is 32.2. The van der Waals surface area contributed by atoms with E-state index in [0.29, 0.717) is 11.3 Å². The molecule has 0 aromatic heterocycles. The number of nitrogens with one attached hydrogen (secondary N) is 2. The molecule has 0 radical (unpaired) electrons. The fourth-order valence-electron chi connectivity index (χ4n) is 3.13. The first-order valence-electron chi connectivity index (χ1n) is 9.35. The predicted molar refractivity (Wildman–Crippen MR) is 112 cm³/mol. The molecule has 26 heavy (non-hydrogen) atoms. The molecule has 0 heterocycles. The van der Waals surface area contributed by atoms with E-state index in [2.05, 4.69) is 40.9 Å². The van der Waals surface area contributed by atoms with Gasteiger partial charge in [0, 0.05) is 25.4 Å². The number of aliphatic imine (C=N–C) groups is 1. The molecule has 0 spiro atoms. The molecule has 1 aliphatic carbocycles. The lowest BCUT2D eigenvalue weighted by molar-refractivity contribution is -0.127. The quantitative estimate of drug-likeness (QED) is 0.592. The van der Waals surface area contributed by atoms with Gasteiger partial charge < -0.3 is 15.5 Å². The van der Waals surface area contributed by atoms with Crippen molar-refractivity contribution in [2.45, 2.75) is 49.9 Å². The molecule has 1 aromatic rings. The average Bonchev–Trinajstić information content (AvgIpc) is 2.66. The minimum atomic E-state index is 0.00380. The van der Waals surface area contributed by atoms with Crippen LogP contribution in [0.2, 0.25) is 0 Å². The Bertz CT molecular complexity index is 591. The SMILES string of the molecule is CSC1CCCC(NC(=NCC(=O)N(C)C)NC(C)c2ccccc2)C1. The third-order valence-electron chi connectivity index (χ3n) is 4.82. The standard InChI is InChI=1S/C20H32N4OS/c1-15(16-9-6-5-7-10-16)22-20(21-14-19(25)24(2)3)23-17-11-8-12-18(13-17)26-4/h5-7,9-10,15,17-18H,8,11-14H2,1-4H3,(H2,21,22,23). The summed E-state index contributed by atoms with van der Waals surface area (Å²) in [7, 11) is 3.52. The zero-order valence-corrected chi connectivity index (χ0v) is 17.2. The van der Waals surface area contributed by atoms with Crippen molar-refractivity contribution in [1.82, 2.24) is 15.5 Å². The number of carbonyl (C=O) groups excluding carboxylic acids is 1. The van der Waals surface area contributed by atoms with Crippen molar-refractivity contribution in [3.8, 4) is 0 Å². The molecule has 2 rings (SSSR count). The van der Waals surface area contributed by atoms with Crippen molar-refractivity contribution in [1.29, 1.82) is 0 Å². The normalized spacial score (nSPS) is 21.8. The number of rotatable bonds is 6. The molecule has 1 saturated carbocycles. The Morgan fingerprint density at radius 1 is 1.31 bits per heavy atom. The van der Waals surface area contributed by atoms with Crippen molar-refractivity contribution in [3.05, 3.63) is 35.9 Å². The highest BCUT2D eigenvalue weighted by molar-refractivity contribution is 7.99. The van der Waals surface area contributed by atoms with Crippen molar-refractivity contribution in [2.75, 3.05) is 26.9 Å². The Hall–Kier alpha value is -1.69. The molecule has 6 heteroatoms. The predicted octanol–water partition coefficient (Wildman–Crippen LogP) is 3.05. The van der Waals surface area contributed by atoms with Crippen LogP contribution in [0.5, 0.6) is 0 Å². The summed E-state index contributed by atoms with van der Waals surface area (Å²) in [6, 6.07) is 10.8. The van der Waals surface area contributed by atoms with E-state index in [1.165, 1.54) is 18.4 Å². The molecular weight excluding hydrogens is 344 g/mol. The van der Waals surface area contributed by atoms with E-state index in [-0.39, 0.29) is 18.5 Å². The molecule has 1 aliphatic rings. The molecule has 3 atom stereocenters. The monoisotopic (exact) mass is 376 g/mol. The molecule has 0 saturated heterocycles. The Morgan fingerprint density at radius 2 is 2.04 bits per heavy atom. The highest BCUT2D eigenvalue weighted by Gasteiger charge is 2.22. The number of carbonyl (C=O) groups is 1. The van der Waals surface area contributed by atoms with Crippen LogP contribution in [0.3, 0.4) is 0 Å². The molecule has 144 valence electrons. The second-order valence-corrected chi connectivity index (χ2v) is 8.23. The van der Waals surface area contributed by atoms with Crippen LogP contribution in [-0.4, -0.2) is 55.0 Å². The van der Waals surface area contributed by atoms with Crippen molar-refractivity contribution >= 4 is 23.6 Å². The summed E-state index contributed by atoms with van der Waals surface area (Å²) < 4.78 is 0. The van der Waals surface area contributed by atoms with Crippen molar-refractivity contribution < 1.29 is 4.79 Å². The van der Waals surface area contributed by atoms with Gasteiger partial charge in [-0.3, -0.25) is 4.79 Å². The molecular formula is C20H32N4OS. The fourth-order valence-corrected chi connectivity index (χ4v) is 3.96. The maximum atomic E-state index is 12.0. The van der Waals surface area contributed by atoms with Gasteiger partial charge in [0.05, 0.1) is 6.04 Å². The van der Waals surface area contributed by atoms with Crippen molar-refractivity contribution in [3.63, 3.8) is 0 Å². The number of benzene rings is 1. The summed E-state index contributed by atoms with van der Waals surface area (Å²) in [4.78, 5) is 18.1. The first kappa shape index (κ1) is 20.6. The Kier molecular flexibility index (Phi) is 8.29. The van der Waals surface area contributed by atoms with Gasteiger partial charge in [-0.25, -0.2) is 4.99 Å². The molecule has 1 fully saturated rings. The number of thioether (sulfide) groups is 1. The van der Waals surface area contributed by atoms with E-state index in [4.69, 9.17) is 0 Å². The largest absolute Gasteiger partial charge is 0.354 e. The van der Waals surface area contributed by atoms with Crippen LogP contribution < -0.4 is 10.6 Å². The lowest BCUT2D eigenvalue weighted by atomic mass is 9.95. The third-order valence-corrected chi connectivity index (χ3v) is 5.92. The number of likely N-dealkylation sites (N-methyl/N-ethyl adjacent to an activating group) is 1. The first-order chi connectivity index (χ1) is 12.5. The van der Waals surface area contributed by atoms with Crippen LogP contribution in [0.4, 0.5) is 0 Å². The van der Waals surface area contributed by atoms with Gasteiger partial charge in [-0.05, 0) is 38.0 Å². The molecule has 3 unspecified atom stereocenters. The minimum absolute atomic E-state index is 0.00380. The molecule has 2 N–H and O–H groups in total. The van der Waals surface area contributed by atoms with Gasteiger partial charge in [0.25, 0.3) is 0 Å². The zero-order chi connectivity index (χ0) is 18.9. The smallest absolute Gasteiger partial charge is 0.243 e. The summed E-state index contributed by atoms with van der Waals surface area (Å²) >= 11 is 1.95. The number of hydrogen-bond acceptors (Lipinski definition) is 3. The molecule has 0 bridgehead atoms. The second-order valence-electron chi connectivity index (χ2n) is 7.10. The topological polar surface area (TPSA) is 56.7 Å². The van der Waals surface area contributed by atoms with Gasteiger partial charge in [0.2, 0.25) is 5.91 Å². The fraction of sp³-hybridized carbons (Fsp3) is 0.600. The average molecular weight is 377 g/mol. The van der Waals surface area contributed by atoms with E-state index in [1.54, 1.807) is 19.0 Å². The number of hydrogen-bond donors (Lipinski definition) is 2. The lowest BCUT2D eigenvalue weighted by Crippen LogP contribution is -2.46. The van der Waals surface area contributed by atoms with Crippen molar-refractivity contribution in [2.24, 2.45) is 4.99 Å². The van der Waals surface area contributed by atoms with Crippen LogP contribution in [-0.2, 0) is 4.79 Å². The minimum Gasteiger partial charge on any atom is -0.354 e. The number of amides is 1. The van der Waals surface area contributed by atoms with Gasteiger partial charge in [-0.2, -0.15) is 11.8 Å². The van der Waals surface area contributed by atoms with Crippen LogP contribution >= 0.6 is 11.8 Å². The Balaban J connectivity index is 2.05. The maximum Gasteiger partial charge on any atom is 0.243 e. The van der Waals surface area contributed by atoms with E-state index in [1.807, 2.05) is 30.0 Å². The van der Waals surface area contributed by atoms with Crippen LogP contribution in [0.25, 0.3) is 0 Å². The third kappa shape index (κ3) is 6.56. The number of guanidine groups is 1. The summed E-state index contributed by atoms with van der Waals surface area (Å²) in [5.74, 6) is 0.729.